The summed E-state index contributed by atoms with van der Waals surface area (Å²) in [7, 11) is 0. The Kier molecular flexibility index (Phi) is 5.31. The Morgan fingerprint density at radius 2 is 2.12 bits per heavy atom. The number of hydrogen-bond donors (Lipinski definition) is 2. The smallest absolute Gasteiger partial charge is 0.265 e. The Morgan fingerprint density at radius 1 is 1.44 bits per heavy atom. The van der Waals surface area contributed by atoms with Gasteiger partial charge in [0.25, 0.3) is 6.43 Å². The molecule has 2 unspecified atom stereocenters. The zero-order valence-corrected chi connectivity index (χ0v) is 10.2. The van der Waals surface area contributed by atoms with Crippen LogP contribution in [0.2, 0.25) is 0 Å². The van der Waals surface area contributed by atoms with E-state index in [0.717, 1.165) is 4.88 Å². The molecule has 0 aliphatic rings. The van der Waals surface area contributed by atoms with Gasteiger partial charge in [-0.05, 0) is 17.4 Å². The molecule has 0 fully saturated rings. The van der Waals surface area contributed by atoms with E-state index in [1.165, 1.54) is 0 Å². The van der Waals surface area contributed by atoms with Crippen LogP contribution in [-0.4, -0.2) is 24.2 Å². The average molecular weight is 249 g/mol. The normalized spacial score (nSPS) is 15.7. The topological polar surface area (TPSA) is 32.3 Å². The second-order valence-electron chi connectivity index (χ2n) is 4.05. The highest BCUT2D eigenvalue weighted by Crippen LogP contribution is 2.25. The first-order chi connectivity index (χ1) is 7.52. The van der Waals surface area contributed by atoms with E-state index in [1.54, 1.807) is 11.3 Å². The lowest BCUT2D eigenvalue weighted by molar-refractivity contribution is -0.00533. The second-order valence-corrected chi connectivity index (χ2v) is 5.03. The predicted molar refractivity (Wildman–Crippen MR) is 61.9 cm³/mol. The number of thiophene rings is 1. The minimum Gasteiger partial charge on any atom is -0.386 e. The minimum atomic E-state index is -2.69. The Hall–Kier alpha value is -0.520. The molecule has 1 rings (SSSR count). The van der Waals surface area contributed by atoms with Crippen LogP contribution in [0.3, 0.4) is 0 Å². The van der Waals surface area contributed by atoms with Crippen molar-refractivity contribution < 1.29 is 13.9 Å². The molecule has 0 aliphatic carbocycles. The van der Waals surface area contributed by atoms with Gasteiger partial charge in [-0.15, -0.1) is 11.3 Å². The molecule has 1 aromatic rings. The number of rotatable bonds is 6. The van der Waals surface area contributed by atoms with Gasteiger partial charge in [-0.2, -0.15) is 0 Å². The molecule has 0 amide bonds. The van der Waals surface area contributed by atoms with Crippen molar-refractivity contribution in [2.24, 2.45) is 5.92 Å². The highest BCUT2D eigenvalue weighted by Gasteiger charge is 2.21. The maximum absolute atomic E-state index is 12.1. The molecule has 92 valence electrons. The Morgan fingerprint density at radius 3 is 2.56 bits per heavy atom. The fourth-order valence-electron chi connectivity index (χ4n) is 1.47. The Balaban J connectivity index is 2.53. The van der Waals surface area contributed by atoms with Gasteiger partial charge in [-0.3, -0.25) is 0 Å². The van der Waals surface area contributed by atoms with Crippen LogP contribution in [0.25, 0.3) is 0 Å². The zero-order chi connectivity index (χ0) is 12.1. The van der Waals surface area contributed by atoms with E-state index < -0.39 is 12.5 Å². The molecule has 2 nitrogen and oxygen atoms in total. The van der Waals surface area contributed by atoms with Crippen molar-refractivity contribution in [3.63, 3.8) is 0 Å². The third kappa shape index (κ3) is 3.81. The molecular formula is C11H17F2NOS. The summed E-state index contributed by atoms with van der Waals surface area (Å²) < 4.78 is 24.3. The van der Waals surface area contributed by atoms with Crippen molar-refractivity contribution in [2.45, 2.75) is 32.4 Å². The number of alkyl halides is 2. The van der Waals surface area contributed by atoms with Crippen molar-refractivity contribution >= 4 is 11.3 Å². The van der Waals surface area contributed by atoms with Crippen molar-refractivity contribution in [3.8, 4) is 0 Å². The minimum absolute atomic E-state index is 0.0217. The van der Waals surface area contributed by atoms with E-state index in [-0.39, 0.29) is 12.6 Å². The molecule has 0 aromatic carbocycles. The van der Waals surface area contributed by atoms with Crippen molar-refractivity contribution in [1.29, 1.82) is 0 Å². The van der Waals surface area contributed by atoms with Crippen LogP contribution in [0.1, 0.15) is 24.8 Å². The molecule has 0 bridgehead atoms. The van der Waals surface area contributed by atoms with E-state index in [9.17, 15) is 8.78 Å². The summed E-state index contributed by atoms with van der Waals surface area (Å²) >= 11 is 1.59. The van der Waals surface area contributed by atoms with Crippen molar-refractivity contribution in [2.75, 3.05) is 6.54 Å². The molecule has 5 heteroatoms. The van der Waals surface area contributed by atoms with Gasteiger partial charge in [0.05, 0.1) is 0 Å². The summed E-state index contributed by atoms with van der Waals surface area (Å²) in [5.74, 6) is 0.295. The zero-order valence-electron chi connectivity index (χ0n) is 9.36. The summed E-state index contributed by atoms with van der Waals surface area (Å²) in [6.07, 6.45) is -4.29. The summed E-state index contributed by atoms with van der Waals surface area (Å²) in [4.78, 5) is 1.11. The molecule has 2 atom stereocenters. The molecule has 0 saturated heterocycles. The lowest BCUT2D eigenvalue weighted by Crippen LogP contribution is -2.36. The third-order valence-electron chi connectivity index (χ3n) is 2.35. The third-order valence-corrected chi connectivity index (χ3v) is 3.31. The van der Waals surface area contributed by atoms with Crippen molar-refractivity contribution in [1.82, 2.24) is 5.32 Å². The van der Waals surface area contributed by atoms with Crippen LogP contribution in [0.5, 0.6) is 0 Å². The lowest BCUT2D eigenvalue weighted by atomic mass is 10.0. The molecule has 0 aliphatic heterocycles. The highest BCUT2D eigenvalue weighted by atomic mass is 32.1. The summed E-state index contributed by atoms with van der Waals surface area (Å²) in [6, 6.07) is 3.92. The van der Waals surface area contributed by atoms with Crippen LogP contribution in [-0.2, 0) is 0 Å². The molecule has 0 saturated carbocycles. The number of halogens is 2. The molecule has 2 N–H and O–H groups in total. The van der Waals surface area contributed by atoms with Gasteiger partial charge < -0.3 is 10.4 Å². The summed E-state index contributed by atoms with van der Waals surface area (Å²) in [5.41, 5.74) is 0. The van der Waals surface area contributed by atoms with E-state index in [4.69, 9.17) is 5.11 Å². The summed E-state index contributed by atoms with van der Waals surface area (Å²) in [6.45, 7) is 3.96. The molecule has 1 heterocycles. The van der Waals surface area contributed by atoms with E-state index in [0.29, 0.717) is 5.92 Å². The first-order valence-electron chi connectivity index (χ1n) is 5.25. The molecule has 16 heavy (non-hydrogen) atoms. The van der Waals surface area contributed by atoms with Crippen molar-refractivity contribution in [3.05, 3.63) is 22.4 Å². The number of nitrogens with one attached hydrogen (secondary N) is 1. The van der Waals surface area contributed by atoms with Gasteiger partial charge in [0.15, 0.2) is 0 Å². The molecular weight excluding hydrogens is 232 g/mol. The molecule has 1 aromatic heterocycles. The predicted octanol–water partition coefficient (Wildman–Crippen LogP) is 2.66. The molecule has 0 spiro atoms. The average Bonchev–Trinajstić information content (AvgIpc) is 2.70. The van der Waals surface area contributed by atoms with E-state index in [2.05, 4.69) is 5.32 Å². The highest BCUT2D eigenvalue weighted by molar-refractivity contribution is 7.10. The van der Waals surface area contributed by atoms with Crippen LogP contribution in [0.15, 0.2) is 17.5 Å². The largest absolute Gasteiger partial charge is 0.386 e. The summed E-state index contributed by atoms with van der Waals surface area (Å²) in [5, 5.41) is 14.0. The van der Waals surface area contributed by atoms with E-state index >= 15 is 0 Å². The van der Waals surface area contributed by atoms with Gasteiger partial charge >= 0.3 is 0 Å². The second kappa shape index (κ2) is 6.27. The fourth-order valence-corrected chi connectivity index (χ4v) is 2.44. The Labute approximate surface area is 98.3 Å². The number of aliphatic hydroxyl groups excluding tert-OH is 1. The Bertz CT molecular complexity index is 290. The maximum Gasteiger partial charge on any atom is 0.265 e. The quantitative estimate of drug-likeness (QED) is 0.812. The van der Waals surface area contributed by atoms with E-state index in [1.807, 2.05) is 31.4 Å². The first-order valence-corrected chi connectivity index (χ1v) is 6.13. The fraction of sp³-hybridized carbons (Fsp3) is 0.636. The SMILES string of the molecule is CC(C)C(NCC(O)C(F)F)c1cccs1. The monoisotopic (exact) mass is 249 g/mol. The van der Waals surface area contributed by atoms with Gasteiger partial charge in [0.1, 0.15) is 6.10 Å². The van der Waals surface area contributed by atoms with Gasteiger partial charge in [-0.1, -0.05) is 19.9 Å². The van der Waals surface area contributed by atoms with Crippen LogP contribution < -0.4 is 5.32 Å². The van der Waals surface area contributed by atoms with Gasteiger partial charge in [0.2, 0.25) is 0 Å². The molecule has 0 radical (unpaired) electrons. The maximum atomic E-state index is 12.1. The first kappa shape index (κ1) is 13.5. The lowest BCUT2D eigenvalue weighted by Gasteiger charge is -2.22. The van der Waals surface area contributed by atoms with Gasteiger partial charge in [-0.25, -0.2) is 8.78 Å². The number of aliphatic hydroxyl groups is 1. The standard InChI is InChI=1S/C11H17F2NOS/c1-7(2)10(9-4-3-5-16-9)14-6-8(15)11(12)13/h3-5,7-8,10-11,14-15H,6H2,1-2H3. The van der Waals surface area contributed by atoms with Crippen LogP contribution >= 0.6 is 11.3 Å². The van der Waals surface area contributed by atoms with Gasteiger partial charge in [0, 0.05) is 17.5 Å². The van der Waals surface area contributed by atoms with Crippen LogP contribution in [0, 0.1) is 5.92 Å². The van der Waals surface area contributed by atoms with Crippen LogP contribution in [0.4, 0.5) is 8.78 Å². The number of hydrogen-bond acceptors (Lipinski definition) is 3.